The summed E-state index contributed by atoms with van der Waals surface area (Å²) in [5.41, 5.74) is 5.89. The fourth-order valence-corrected chi connectivity index (χ4v) is 3.44. The Morgan fingerprint density at radius 1 is 1.03 bits per heavy atom. The minimum atomic E-state index is 0.390. The van der Waals surface area contributed by atoms with E-state index in [1.807, 2.05) is 61.5 Å². The number of para-hydroxylation sites is 1. The Morgan fingerprint density at radius 2 is 1.81 bits per heavy atom. The van der Waals surface area contributed by atoms with E-state index in [-0.39, 0.29) is 0 Å². The summed E-state index contributed by atoms with van der Waals surface area (Å²) in [6, 6.07) is 19.4. The number of methoxy groups -OCH3 is 1. The molecule has 0 heterocycles. The highest BCUT2D eigenvalue weighted by Crippen LogP contribution is 2.37. The zero-order chi connectivity index (χ0) is 22.1. The lowest BCUT2D eigenvalue weighted by molar-refractivity contribution is 0.269. The summed E-state index contributed by atoms with van der Waals surface area (Å²) in [6.07, 6.45) is 1.70. The fourth-order valence-electron chi connectivity index (χ4n) is 2.90. The van der Waals surface area contributed by atoms with E-state index in [9.17, 15) is 0 Å². The summed E-state index contributed by atoms with van der Waals surface area (Å²) >= 11 is 9.93. The highest BCUT2D eigenvalue weighted by atomic mass is 79.9. The number of nitrogens with one attached hydrogen (secondary N) is 1. The number of rotatable bonds is 10. The van der Waals surface area contributed by atoms with Crippen molar-refractivity contribution in [3.8, 4) is 17.2 Å². The predicted octanol–water partition coefficient (Wildman–Crippen LogP) is 6.21. The second-order valence-electron chi connectivity index (χ2n) is 6.58. The first-order chi connectivity index (χ1) is 15.1. The van der Waals surface area contributed by atoms with Gasteiger partial charge in [0.05, 0.1) is 31.5 Å². The number of hydrogen-bond donors (Lipinski definition) is 1. The molecule has 1 N–H and O–H groups in total. The Labute approximate surface area is 196 Å². The number of ether oxygens (including phenoxy) is 3. The van der Waals surface area contributed by atoms with Gasteiger partial charge in [-0.1, -0.05) is 57.9 Å². The zero-order valence-corrected chi connectivity index (χ0v) is 19.7. The van der Waals surface area contributed by atoms with Crippen molar-refractivity contribution in [2.24, 2.45) is 5.10 Å². The zero-order valence-electron chi connectivity index (χ0n) is 17.4. The third kappa shape index (κ3) is 6.64. The molecule has 0 bridgehead atoms. The van der Waals surface area contributed by atoms with Gasteiger partial charge in [-0.2, -0.15) is 5.10 Å². The summed E-state index contributed by atoms with van der Waals surface area (Å²) in [4.78, 5) is 0. The number of halogens is 2. The maximum Gasteiger partial charge on any atom is 0.180 e. The van der Waals surface area contributed by atoms with E-state index in [1.165, 1.54) is 0 Å². The van der Waals surface area contributed by atoms with Gasteiger partial charge in [0.2, 0.25) is 0 Å². The summed E-state index contributed by atoms with van der Waals surface area (Å²) < 4.78 is 18.1. The van der Waals surface area contributed by atoms with E-state index in [1.54, 1.807) is 19.4 Å². The average Bonchev–Trinajstić information content (AvgIpc) is 2.78. The van der Waals surface area contributed by atoms with Crippen LogP contribution in [0.1, 0.15) is 23.6 Å². The van der Waals surface area contributed by atoms with Gasteiger partial charge in [0.15, 0.2) is 11.5 Å². The highest BCUT2D eigenvalue weighted by Gasteiger charge is 2.12. The highest BCUT2D eigenvalue weighted by molar-refractivity contribution is 9.10. The second-order valence-corrected chi connectivity index (χ2v) is 7.91. The number of hydrazone groups is 1. The van der Waals surface area contributed by atoms with Crippen LogP contribution in [0.4, 0.5) is 0 Å². The van der Waals surface area contributed by atoms with Crippen LogP contribution in [0, 0.1) is 0 Å². The topological polar surface area (TPSA) is 52.1 Å². The lowest BCUT2D eigenvalue weighted by atomic mass is 10.2. The van der Waals surface area contributed by atoms with Crippen LogP contribution >= 0.6 is 27.5 Å². The minimum Gasteiger partial charge on any atom is -0.496 e. The van der Waals surface area contributed by atoms with Crippen molar-refractivity contribution in [1.82, 2.24) is 5.43 Å². The van der Waals surface area contributed by atoms with Gasteiger partial charge in [-0.25, -0.2) is 0 Å². The molecule has 0 unspecified atom stereocenters. The summed E-state index contributed by atoms with van der Waals surface area (Å²) in [5.74, 6) is 1.92. The van der Waals surface area contributed by atoms with E-state index in [4.69, 9.17) is 25.8 Å². The van der Waals surface area contributed by atoms with Crippen molar-refractivity contribution < 1.29 is 14.2 Å². The van der Waals surface area contributed by atoms with Gasteiger partial charge >= 0.3 is 0 Å². The van der Waals surface area contributed by atoms with Crippen molar-refractivity contribution in [3.05, 3.63) is 86.8 Å². The lowest BCUT2D eigenvalue weighted by Gasteiger charge is -2.14. The van der Waals surface area contributed by atoms with E-state index in [0.717, 1.165) is 26.9 Å². The number of hydrogen-bond acceptors (Lipinski definition) is 5. The van der Waals surface area contributed by atoms with Gasteiger partial charge in [-0.15, -0.1) is 0 Å². The molecule has 0 radical (unpaired) electrons. The predicted molar refractivity (Wildman–Crippen MR) is 129 cm³/mol. The molecule has 31 heavy (non-hydrogen) atoms. The first-order valence-electron chi connectivity index (χ1n) is 9.82. The molecule has 0 amide bonds. The molecule has 0 atom stereocenters. The minimum absolute atomic E-state index is 0.390. The second kappa shape index (κ2) is 11.6. The summed E-state index contributed by atoms with van der Waals surface area (Å²) in [6.45, 7) is 3.35. The Balaban J connectivity index is 1.68. The van der Waals surface area contributed by atoms with Crippen molar-refractivity contribution >= 4 is 33.7 Å². The molecule has 0 aliphatic heterocycles. The van der Waals surface area contributed by atoms with E-state index in [0.29, 0.717) is 36.3 Å². The van der Waals surface area contributed by atoms with Crippen LogP contribution in [-0.4, -0.2) is 19.9 Å². The molecule has 0 aromatic heterocycles. The average molecular weight is 504 g/mol. The van der Waals surface area contributed by atoms with Crippen LogP contribution in [0.2, 0.25) is 5.02 Å². The van der Waals surface area contributed by atoms with Gasteiger partial charge in [-0.05, 0) is 48.4 Å². The molecule has 3 rings (SSSR count). The maximum absolute atomic E-state index is 6.50. The van der Waals surface area contributed by atoms with Crippen LogP contribution in [-0.2, 0) is 13.2 Å². The van der Waals surface area contributed by atoms with Crippen LogP contribution in [0.3, 0.4) is 0 Å². The SMILES string of the molecule is CCOc1cc(/C=N\NCc2ccccc2OC)cc(Cl)c1OCc1ccc(Br)cc1. The molecular formula is C24H24BrClN2O3. The Hall–Kier alpha value is -2.70. The Morgan fingerprint density at radius 3 is 2.55 bits per heavy atom. The van der Waals surface area contributed by atoms with Crippen molar-refractivity contribution in [2.45, 2.75) is 20.1 Å². The van der Waals surface area contributed by atoms with Gasteiger partial charge < -0.3 is 19.6 Å². The molecular weight excluding hydrogens is 480 g/mol. The lowest BCUT2D eigenvalue weighted by Crippen LogP contribution is -2.07. The van der Waals surface area contributed by atoms with Gasteiger partial charge in [-0.3, -0.25) is 0 Å². The maximum atomic E-state index is 6.50. The first kappa shape index (κ1) is 23.0. The normalized spacial score (nSPS) is 10.8. The monoisotopic (exact) mass is 502 g/mol. The van der Waals surface area contributed by atoms with Crippen molar-refractivity contribution in [3.63, 3.8) is 0 Å². The molecule has 0 saturated carbocycles. The molecule has 0 saturated heterocycles. The van der Waals surface area contributed by atoms with Crippen LogP contribution in [0.5, 0.6) is 17.2 Å². The largest absolute Gasteiger partial charge is 0.496 e. The third-order valence-corrected chi connectivity index (χ3v) is 5.20. The molecule has 0 spiro atoms. The molecule has 7 heteroatoms. The summed E-state index contributed by atoms with van der Waals surface area (Å²) in [5, 5.41) is 4.76. The fraction of sp³-hybridized carbons (Fsp3) is 0.208. The number of benzene rings is 3. The van der Waals surface area contributed by atoms with E-state index < -0.39 is 0 Å². The van der Waals surface area contributed by atoms with Gasteiger partial charge in [0.1, 0.15) is 12.4 Å². The Bertz CT molecular complexity index is 1030. The molecule has 3 aromatic rings. The smallest absolute Gasteiger partial charge is 0.180 e. The third-order valence-electron chi connectivity index (χ3n) is 4.40. The molecule has 162 valence electrons. The van der Waals surface area contributed by atoms with E-state index in [2.05, 4.69) is 26.5 Å². The summed E-state index contributed by atoms with van der Waals surface area (Å²) in [7, 11) is 1.65. The van der Waals surface area contributed by atoms with Gasteiger partial charge in [0.25, 0.3) is 0 Å². The van der Waals surface area contributed by atoms with Crippen LogP contribution < -0.4 is 19.6 Å². The molecule has 0 fully saturated rings. The quantitative estimate of drug-likeness (QED) is 0.264. The Kier molecular flexibility index (Phi) is 8.62. The molecule has 3 aromatic carbocycles. The van der Waals surface area contributed by atoms with Gasteiger partial charge in [0, 0.05) is 10.0 Å². The van der Waals surface area contributed by atoms with E-state index >= 15 is 0 Å². The standard InChI is InChI=1S/C24H24BrClN2O3/c1-3-30-23-13-18(14-27-28-15-19-6-4-5-7-22(19)29-2)12-21(26)24(23)31-16-17-8-10-20(25)11-9-17/h4-14,28H,3,15-16H2,1-2H3/b27-14-. The van der Waals surface area contributed by atoms with Crippen LogP contribution in [0.15, 0.2) is 70.2 Å². The van der Waals surface area contributed by atoms with Crippen molar-refractivity contribution in [2.75, 3.05) is 13.7 Å². The molecule has 5 nitrogen and oxygen atoms in total. The van der Waals surface area contributed by atoms with Crippen molar-refractivity contribution in [1.29, 1.82) is 0 Å². The molecule has 0 aliphatic rings. The molecule has 0 aliphatic carbocycles. The number of nitrogens with zero attached hydrogens (tertiary/aromatic N) is 1. The first-order valence-corrected chi connectivity index (χ1v) is 11.0. The van der Waals surface area contributed by atoms with Crippen LogP contribution in [0.25, 0.3) is 0 Å².